The van der Waals surface area contributed by atoms with Gasteiger partial charge in [0.25, 0.3) is 0 Å². The Morgan fingerprint density at radius 3 is 2.43 bits per heavy atom. The van der Waals surface area contributed by atoms with Crippen LogP contribution in [0.2, 0.25) is 0 Å². The van der Waals surface area contributed by atoms with Crippen molar-refractivity contribution in [3.63, 3.8) is 0 Å². The number of nitrogens with zero attached hydrogens (tertiary/aromatic N) is 1. The highest BCUT2D eigenvalue weighted by Crippen LogP contribution is 2.54. The molecule has 4 aliphatic carbocycles. The first kappa shape index (κ1) is 12.9. The molecule has 5 rings (SSSR count). The number of morpholine rings is 1. The molecule has 1 saturated heterocycles. The van der Waals surface area contributed by atoms with Gasteiger partial charge in [-0.25, -0.2) is 0 Å². The van der Waals surface area contributed by atoms with Crippen molar-refractivity contribution in [2.24, 2.45) is 29.6 Å². The minimum absolute atomic E-state index is 0.0501. The van der Waals surface area contributed by atoms with Crippen LogP contribution in [0.5, 0.6) is 0 Å². The Morgan fingerprint density at radius 1 is 1.10 bits per heavy atom. The molecule has 0 radical (unpaired) electrons. The van der Waals surface area contributed by atoms with Crippen LogP contribution in [0, 0.1) is 29.6 Å². The molecule has 5 fully saturated rings. The molecular formula is C18H27NO2. The van der Waals surface area contributed by atoms with Crippen LogP contribution in [0.4, 0.5) is 0 Å². The second-order valence-electron chi connectivity index (χ2n) is 8.45. The predicted octanol–water partition coefficient (Wildman–Crippen LogP) is 2.84. The Kier molecular flexibility index (Phi) is 2.75. The van der Waals surface area contributed by atoms with E-state index in [0.717, 1.165) is 43.4 Å². The van der Waals surface area contributed by atoms with Crippen molar-refractivity contribution in [1.82, 2.24) is 4.90 Å². The van der Waals surface area contributed by atoms with E-state index in [4.69, 9.17) is 4.74 Å². The van der Waals surface area contributed by atoms with E-state index < -0.39 is 0 Å². The van der Waals surface area contributed by atoms with Gasteiger partial charge in [-0.3, -0.25) is 4.79 Å². The van der Waals surface area contributed by atoms with Crippen LogP contribution in [-0.2, 0) is 9.53 Å². The van der Waals surface area contributed by atoms with Crippen LogP contribution in [-0.4, -0.2) is 36.1 Å². The molecule has 0 aromatic rings. The summed E-state index contributed by atoms with van der Waals surface area (Å²) in [5.74, 6) is 3.93. The van der Waals surface area contributed by atoms with E-state index in [1.54, 1.807) is 0 Å². The van der Waals surface area contributed by atoms with Gasteiger partial charge in [0.1, 0.15) is 0 Å². The molecule has 3 unspecified atom stereocenters. The minimum Gasteiger partial charge on any atom is -0.371 e. The predicted molar refractivity (Wildman–Crippen MR) is 79.6 cm³/mol. The third kappa shape index (κ3) is 2.07. The highest BCUT2D eigenvalue weighted by molar-refractivity contribution is 5.80. The number of amides is 1. The molecule has 0 N–H and O–H groups in total. The molecular weight excluding hydrogens is 262 g/mol. The molecule has 2 bridgehead atoms. The molecule has 0 aromatic heterocycles. The first-order chi connectivity index (χ1) is 10.3. The van der Waals surface area contributed by atoms with Crippen LogP contribution in [0.25, 0.3) is 0 Å². The fourth-order valence-electron chi connectivity index (χ4n) is 5.67. The lowest BCUT2D eigenvalue weighted by Crippen LogP contribution is -2.57. The van der Waals surface area contributed by atoms with E-state index in [-0.39, 0.29) is 5.60 Å². The summed E-state index contributed by atoms with van der Waals surface area (Å²) in [7, 11) is 0. The Labute approximate surface area is 127 Å². The van der Waals surface area contributed by atoms with Crippen LogP contribution in [0.15, 0.2) is 0 Å². The zero-order chi connectivity index (χ0) is 14.0. The minimum atomic E-state index is 0.0501. The second-order valence-corrected chi connectivity index (χ2v) is 8.45. The number of carbonyl (C=O) groups is 1. The van der Waals surface area contributed by atoms with Gasteiger partial charge in [0.05, 0.1) is 18.8 Å². The van der Waals surface area contributed by atoms with Crippen LogP contribution >= 0.6 is 0 Å². The summed E-state index contributed by atoms with van der Waals surface area (Å²) in [5.41, 5.74) is 0.0501. The van der Waals surface area contributed by atoms with Crippen LogP contribution in [0.1, 0.15) is 51.4 Å². The summed E-state index contributed by atoms with van der Waals surface area (Å²) >= 11 is 0. The van der Waals surface area contributed by atoms with Crippen molar-refractivity contribution >= 4 is 5.91 Å². The first-order valence-corrected chi connectivity index (χ1v) is 9.18. The average Bonchev–Trinajstić information content (AvgIpc) is 3.42. The molecule has 116 valence electrons. The Bertz CT molecular complexity index is 444. The number of carbonyl (C=O) groups excluding carboxylic acids is 1. The number of hydrogen-bond donors (Lipinski definition) is 0. The fourth-order valence-corrected chi connectivity index (χ4v) is 5.67. The summed E-state index contributed by atoms with van der Waals surface area (Å²) in [6, 6.07) is 0. The van der Waals surface area contributed by atoms with Gasteiger partial charge in [-0.2, -0.15) is 0 Å². The topological polar surface area (TPSA) is 29.5 Å². The van der Waals surface area contributed by atoms with E-state index in [0.29, 0.717) is 11.8 Å². The molecule has 5 aliphatic rings. The van der Waals surface area contributed by atoms with Crippen LogP contribution in [0.3, 0.4) is 0 Å². The van der Waals surface area contributed by atoms with E-state index in [1.807, 2.05) is 0 Å². The van der Waals surface area contributed by atoms with Gasteiger partial charge >= 0.3 is 0 Å². The fraction of sp³-hybridized carbons (Fsp3) is 0.944. The summed E-state index contributed by atoms with van der Waals surface area (Å²) in [4.78, 5) is 15.3. The zero-order valence-electron chi connectivity index (χ0n) is 12.9. The normalized spacial score (nSPS) is 42.2. The molecule has 21 heavy (non-hydrogen) atoms. The number of hydrogen-bond acceptors (Lipinski definition) is 2. The van der Waals surface area contributed by atoms with E-state index in [1.165, 1.54) is 51.4 Å². The first-order valence-electron chi connectivity index (χ1n) is 9.18. The van der Waals surface area contributed by atoms with Crippen molar-refractivity contribution in [3.8, 4) is 0 Å². The highest BCUT2D eigenvalue weighted by atomic mass is 16.5. The second kappa shape index (κ2) is 4.47. The smallest absolute Gasteiger partial charge is 0.226 e. The lowest BCUT2D eigenvalue weighted by atomic mass is 9.82. The molecule has 1 heterocycles. The van der Waals surface area contributed by atoms with Gasteiger partial charge in [-0.1, -0.05) is 0 Å². The standard InChI is InChI=1S/C18H27NO2/c20-17(16(13-2-3-13)14-4-5-14)19-7-8-21-18(11-19)10-12-1-6-15(18)9-12/h12-16H,1-11H2. The maximum absolute atomic E-state index is 13.1. The monoisotopic (exact) mass is 289 g/mol. The van der Waals surface area contributed by atoms with Crippen molar-refractivity contribution in [2.45, 2.75) is 57.0 Å². The molecule has 4 saturated carbocycles. The maximum Gasteiger partial charge on any atom is 0.226 e. The van der Waals surface area contributed by atoms with Gasteiger partial charge < -0.3 is 9.64 Å². The number of fused-ring (bicyclic) bond motifs is 3. The number of ether oxygens (including phenoxy) is 1. The van der Waals surface area contributed by atoms with Crippen molar-refractivity contribution in [3.05, 3.63) is 0 Å². The molecule has 1 spiro atoms. The van der Waals surface area contributed by atoms with Gasteiger partial charge in [-0.15, -0.1) is 0 Å². The molecule has 3 atom stereocenters. The van der Waals surface area contributed by atoms with E-state index >= 15 is 0 Å². The van der Waals surface area contributed by atoms with Gasteiger partial charge in [0.2, 0.25) is 5.91 Å². The Balaban J connectivity index is 1.33. The molecule has 3 heteroatoms. The number of rotatable bonds is 3. The summed E-state index contributed by atoms with van der Waals surface area (Å²) in [6.45, 7) is 2.52. The summed E-state index contributed by atoms with van der Waals surface area (Å²) in [6.07, 6.45) is 10.5. The summed E-state index contributed by atoms with van der Waals surface area (Å²) < 4.78 is 6.28. The van der Waals surface area contributed by atoms with Gasteiger partial charge in [0, 0.05) is 12.5 Å². The molecule has 1 aliphatic heterocycles. The van der Waals surface area contributed by atoms with Crippen molar-refractivity contribution < 1.29 is 9.53 Å². The molecule has 0 aromatic carbocycles. The largest absolute Gasteiger partial charge is 0.371 e. The zero-order valence-corrected chi connectivity index (χ0v) is 12.9. The molecule has 1 amide bonds. The highest BCUT2D eigenvalue weighted by Gasteiger charge is 2.55. The quantitative estimate of drug-likeness (QED) is 0.799. The Hall–Kier alpha value is -0.570. The summed E-state index contributed by atoms with van der Waals surface area (Å²) in [5, 5.41) is 0. The average molecular weight is 289 g/mol. The van der Waals surface area contributed by atoms with Gasteiger partial charge in [0.15, 0.2) is 0 Å². The van der Waals surface area contributed by atoms with Gasteiger partial charge in [-0.05, 0) is 75.0 Å². The third-order valence-electron chi connectivity index (χ3n) is 6.99. The van der Waals surface area contributed by atoms with E-state index in [9.17, 15) is 4.79 Å². The van der Waals surface area contributed by atoms with E-state index in [2.05, 4.69) is 4.90 Å². The maximum atomic E-state index is 13.1. The SMILES string of the molecule is O=C(C(C1CC1)C1CC1)N1CCOC2(CC3CCC2C3)C1. The molecule has 3 nitrogen and oxygen atoms in total. The van der Waals surface area contributed by atoms with Crippen molar-refractivity contribution in [1.29, 1.82) is 0 Å². The van der Waals surface area contributed by atoms with Crippen molar-refractivity contribution in [2.75, 3.05) is 19.7 Å². The lowest BCUT2D eigenvalue weighted by Gasteiger charge is -2.46. The Morgan fingerprint density at radius 2 is 1.86 bits per heavy atom. The lowest BCUT2D eigenvalue weighted by molar-refractivity contribution is -0.165. The van der Waals surface area contributed by atoms with Crippen LogP contribution < -0.4 is 0 Å². The third-order valence-corrected chi connectivity index (χ3v) is 6.99.